The summed E-state index contributed by atoms with van der Waals surface area (Å²) in [6.45, 7) is 4.24. The molecule has 0 radical (unpaired) electrons. The van der Waals surface area contributed by atoms with E-state index in [9.17, 15) is 0 Å². The molecule has 0 aliphatic carbocycles. The topological polar surface area (TPSA) is 15.3 Å². The molecule has 0 saturated carbocycles. The smallest absolute Gasteiger partial charge is 0.0363 e. The van der Waals surface area contributed by atoms with Gasteiger partial charge in [-0.3, -0.25) is 0 Å². The summed E-state index contributed by atoms with van der Waals surface area (Å²) in [6.07, 6.45) is 0. The molecule has 0 amide bonds. The van der Waals surface area contributed by atoms with Crippen LogP contribution in [-0.2, 0) is 5.41 Å². The van der Waals surface area contributed by atoms with E-state index in [1.165, 1.54) is 11.3 Å². The van der Waals surface area contributed by atoms with E-state index in [4.69, 9.17) is 0 Å². The third kappa shape index (κ3) is 3.40. The normalized spacial score (nSPS) is 13.8. The van der Waals surface area contributed by atoms with E-state index in [1.807, 2.05) is 7.05 Å². The summed E-state index contributed by atoms with van der Waals surface area (Å²) >= 11 is 0. The molecule has 0 aliphatic rings. The fraction of sp³-hybridized carbons (Fsp3) is 0.333. The molecule has 0 spiro atoms. The lowest BCUT2D eigenvalue weighted by molar-refractivity contribution is 0.451. The second-order valence-electron chi connectivity index (χ2n) is 5.65. The van der Waals surface area contributed by atoms with Gasteiger partial charge in [0.25, 0.3) is 0 Å². The summed E-state index contributed by atoms with van der Waals surface area (Å²) in [7, 11) is 4.18. The van der Waals surface area contributed by atoms with Crippen LogP contribution in [0.4, 0.5) is 5.69 Å². The van der Waals surface area contributed by atoms with E-state index < -0.39 is 0 Å². The predicted molar refractivity (Wildman–Crippen MR) is 87.4 cm³/mol. The van der Waals surface area contributed by atoms with Crippen molar-refractivity contribution in [3.8, 4) is 0 Å². The number of hydrogen-bond acceptors (Lipinski definition) is 2. The van der Waals surface area contributed by atoms with E-state index in [0.717, 1.165) is 13.1 Å². The van der Waals surface area contributed by atoms with E-state index in [1.54, 1.807) is 0 Å². The van der Waals surface area contributed by atoms with Crippen molar-refractivity contribution in [2.24, 2.45) is 0 Å². The molecular formula is C18H24N2. The van der Waals surface area contributed by atoms with Crippen LogP contribution in [0.15, 0.2) is 60.7 Å². The summed E-state index contributed by atoms with van der Waals surface area (Å²) in [5.41, 5.74) is 2.71. The van der Waals surface area contributed by atoms with Crippen LogP contribution in [0.1, 0.15) is 12.5 Å². The van der Waals surface area contributed by atoms with Crippen LogP contribution in [-0.4, -0.2) is 27.2 Å². The first-order valence-electron chi connectivity index (χ1n) is 7.12. The second-order valence-corrected chi connectivity index (χ2v) is 5.65. The highest BCUT2D eigenvalue weighted by molar-refractivity contribution is 5.46. The predicted octanol–water partition coefficient (Wildman–Crippen LogP) is 3.30. The van der Waals surface area contributed by atoms with E-state index in [0.29, 0.717) is 0 Å². The van der Waals surface area contributed by atoms with Crippen LogP contribution in [0.25, 0.3) is 0 Å². The first-order valence-corrected chi connectivity index (χ1v) is 7.12. The zero-order chi connectivity index (χ0) is 14.4. The Labute approximate surface area is 122 Å². The summed E-state index contributed by atoms with van der Waals surface area (Å²) in [5, 5.41) is 3.34. The van der Waals surface area contributed by atoms with E-state index >= 15 is 0 Å². The van der Waals surface area contributed by atoms with Crippen molar-refractivity contribution in [3.05, 3.63) is 66.2 Å². The quantitative estimate of drug-likeness (QED) is 0.865. The Morgan fingerprint density at radius 3 is 2.05 bits per heavy atom. The molecule has 0 heterocycles. The van der Waals surface area contributed by atoms with Crippen LogP contribution < -0.4 is 10.2 Å². The molecule has 0 bridgehead atoms. The molecule has 0 aliphatic heterocycles. The maximum absolute atomic E-state index is 3.34. The highest BCUT2D eigenvalue weighted by Crippen LogP contribution is 2.26. The molecule has 1 unspecified atom stereocenters. The van der Waals surface area contributed by atoms with Gasteiger partial charge < -0.3 is 10.2 Å². The summed E-state index contributed by atoms with van der Waals surface area (Å²) < 4.78 is 0. The van der Waals surface area contributed by atoms with Crippen molar-refractivity contribution < 1.29 is 0 Å². The van der Waals surface area contributed by atoms with E-state index in [-0.39, 0.29) is 5.41 Å². The Kier molecular flexibility index (Phi) is 4.80. The highest BCUT2D eigenvalue weighted by Gasteiger charge is 2.27. The number of nitrogens with one attached hydrogen (secondary N) is 1. The molecule has 106 valence electrons. The molecule has 2 heteroatoms. The Morgan fingerprint density at radius 1 is 0.950 bits per heavy atom. The van der Waals surface area contributed by atoms with Crippen molar-refractivity contribution in [3.63, 3.8) is 0 Å². The monoisotopic (exact) mass is 268 g/mol. The highest BCUT2D eigenvalue weighted by atomic mass is 15.1. The lowest BCUT2D eigenvalue weighted by Crippen LogP contribution is -2.43. The van der Waals surface area contributed by atoms with Gasteiger partial charge in [0.1, 0.15) is 0 Å². The lowest BCUT2D eigenvalue weighted by atomic mass is 9.81. The van der Waals surface area contributed by atoms with Crippen LogP contribution in [0.5, 0.6) is 0 Å². The molecule has 1 N–H and O–H groups in total. The number of anilines is 1. The van der Waals surface area contributed by atoms with Gasteiger partial charge in [0.05, 0.1) is 0 Å². The van der Waals surface area contributed by atoms with Gasteiger partial charge >= 0.3 is 0 Å². The molecule has 20 heavy (non-hydrogen) atoms. The van der Waals surface area contributed by atoms with Crippen LogP contribution in [0.2, 0.25) is 0 Å². The third-order valence-electron chi connectivity index (χ3n) is 3.82. The summed E-state index contributed by atoms with van der Waals surface area (Å²) in [4.78, 5) is 2.32. The fourth-order valence-electron chi connectivity index (χ4n) is 2.78. The van der Waals surface area contributed by atoms with Crippen molar-refractivity contribution in [2.75, 3.05) is 32.1 Å². The maximum Gasteiger partial charge on any atom is 0.0363 e. The lowest BCUT2D eigenvalue weighted by Gasteiger charge is -2.35. The number of likely N-dealkylation sites (N-methyl/N-ethyl adjacent to an activating group) is 2. The fourth-order valence-corrected chi connectivity index (χ4v) is 2.78. The largest absolute Gasteiger partial charge is 0.374 e. The minimum absolute atomic E-state index is 0.0839. The van der Waals surface area contributed by atoms with Gasteiger partial charge in [0.15, 0.2) is 0 Å². The van der Waals surface area contributed by atoms with Crippen molar-refractivity contribution >= 4 is 5.69 Å². The Bertz CT molecular complexity index is 509. The van der Waals surface area contributed by atoms with Crippen molar-refractivity contribution in [1.82, 2.24) is 5.32 Å². The molecule has 2 rings (SSSR count). The first kappa shape index (κ1) is 14.6. The number of benzene rings is 2. The van der Waals surface area contributed by atoms with Crippen molar-refractivity contribution in [2.45, 2.75) is 12.3 Å². The Morgan fingerprint density at radius 2 is 1.50 bits per heavy atom. The number of para-hydroxylation sites is 1. The van der Waals surface area contributed by atoms with Gasteiger partial charge in [-0.05, 0) is 24.7 Å². The standard InChI is InChI=1S/C18H24N2/c1-18(14-19-2,16-10-6-4-7-11-16)15-20(3)17-12-8-5-9-13-17/h4-13,19H,14-15H2,1-3H3. The number of hydrogen-bond donors (Lipinski definition) is 1. The Balaban J connectivity index is 2.21. The van der Waals surface area contributed by atoms with Gasteiger partial charge in [-0.1, -0.05) is 55.5 Å². The van der Waals surface area contributed by atoms with Crippen molar-refractivity contribution in [1.29, 1.82) is 0 Å². The number of rotatable bonds is 6. The van der Waals surface area contributed by atoms with Crippen LogP contribution >= 0.6 is 0 Å². The third-order valence-corrected chi connectivity index (χ3v) is 3.82. The number of nitrogens with zero attached hydrogens (tertiary/aromatic N) is 1. The van der Waals surface area contributed by atoms with Gasteiger partial charge in [-0.2, -0.15) is 0 Å². The van der Waals surface area contributed by atoms with Gasteiger partial charge in [0, 0.05) is 31.2 Å². The molecular weight excluding hydrogens is 244 g/mol. The molecule has 2 nitrogen and oxygen atoms in total. The molecule has 1 atom stereocenters. The zero-order valence-electron chi connectivity index (χ0n) is 12.6. The zero-order valence-corrected chi connectivity index (χ0v) is 12.6. The van der Waals surface area contributed by atoms with Crippen LogP contribution in [0.3, 0.4) is 0 Å². The Hall–Kier alpha value is -1.80. The minimum atomic E-state index is 0.0839. The van der Waals surface area contributed by atoms with Gasteiger partial charge in [-0.25, -0.2) is 0 Å². The second kappa shape index (κ2) is 6.58. The molecule has 0 fully saturated rings. The first-order chi connectivity index (χ1) is 9.65. The molecule has 2 aromatic carbocycles. The molecule has 0 aromatic heterocycles. The van der Waals surface area contributed by atoms with Gasteiger partial charge in [-0.15, -0.1) is 0 Å². The average Bonchev–Trinajstić information content (AvgIpc) is 2.49. The van der Waals surface area contributed by atoms with E-state index in [2.05, 4.69) is 84.9 Å². The SMILES string of the molecule is CNCC(C)(CN(C)c1ccccc1)c1ccccc1. The maximum atomic E-state index is 3.34. The summed E-state index contributed by atoms with van der Waals surface area (Å²) in [6, 6.07) is 21.3. The van der Waals surface area contributed by atoms with Crippen LogP contribution in [0, 0.1) is 0 Å². The average molecular weight is 268 g/mol. The minimum Gasteiger partial charge on any atom is -0.374 e. The summed E-state index contributed by atoms with van der Waals surface area (Å²) in [5.74, 6) is 0. The molecule has 0 saturated heterocycles. The molecule has 2 aromatic rings. The van der Waals surface area contributed by atoms with Gasteiger partial charge in [0.2, 0.25) is 0 Å².